The summed E-state index contributed by atoms with van der Waals surface area (Å²) in [6, 6.07) is 0.0352. The number of carbonyl (C=O) groups excluding carboxylic acids is 1. The zero-order valence-corrected chi connectivity index (χ0v) is 10.1. The van der Waals surface area contributed by atoms with Crippen molar-refractivity contribution in [1.29, 1.82) is 0 Å². The Morgan fingerprint density at radius 2 is 2.25 bits per heavy atom. The largest absolute Gasteiger partial charge is 0.465 e. The Morgan fingerprint density at radius 1 is 1.56 bits per heavy atom. The third kappa shape index (κ3) is 4.47. The fourth-order valence-corrected chi connectivity index (χ4v) is 1.65. The minimum absolute atomic E-state index is 0.314. The van der Waals surface area contributed by atoms with Gasteiger partial charge < -0.3 is 15.2 Å². The molecule has 5 nitrogen and oxygen atoms in total. The van der Waals surface area contributed by atoms with Gasteiger partial charge in [0.15, 0.2) is 0 Å². The quantitative estimate of drug-likeness (QED) is 0.594. The lowest BCUT2D eigenvalue weighted by Crippen LogP contribution is -2.45. The summed E-state index contributed by atoms with van der Waals surface area (Å²) in [6.07, 6.45) is 2.39. The number of ether oxygens (including phenoxy) is 2. The zero-order chi connectivity index (χ0) is 12.0. The second kappa shape index (κ2) is 6.83. The van der Waals surface area contributed by atoms with E-state index >= 15 is 0 Å². The number of nitrogens with zero attached hydrogens (tertiary/aromatic N) is 1. The molecule has 0 heterocycles. The Labute approximate surface area is 96.9 Å². The Bertz CT molecular complexity index is 219. The van der Waals surface area contributed by atoms with Crippen LogP contribution in [0.25, 0.3) is 0 Å². The Morgan fingerprint density at radius 3 is 2.75 bits per heavy atom. The van der Waals surface area contributed by atoms with Gasteiger partial charge >= 0.3 is 5.97 Å². The lowest BCUT2D eigenvalue weighted by Gasteiger charge is -2.24. The van der Waals surface area contributed by atoms with E-state index in [1.54, 1.807) is 14.0 Å². The van der Waals surface area contributed by atoms with Gasteiger partial charge in [-0.2, -0.15) is 0 Å². The number of hydrogen-bond donors (Lipinski definition) is 1. The molecule has 5 heteroatoms. The molecular weight excluding hydrogens is 208 g/mol. The number of rotatable bonds is 8. The number of carbonyl (C=O) groups is 1. The first-order chi connectivity index (χ1) is 7.69. The molecule has 1 rings (SSSR count). The fraction of sp³-hybridized carbons (Fsp3) is 0.909. The molecule has 0 aromatic carbocycles. The van der Waals surface area contributed by atoms with Gasteiger partial charge in [0.05, 0.1) is 13.2 Å². The van der Waals surface area contributed by atoms with E-state index in [1.165, 1.54) is 12.8 Å². The van der Waals surface area contributed by atoms with E-state index in [0.717, 1.165) is 6.54 Å². The maximum atomic E-state index is 11.4. The second-order valence-electron chi connectivity index (χ2n) is 4.08. The Balaban J connectivity index is 2.32. The van der Waals surface area contributed by atoms with Crippen molar-refractivity contribution in [2.45, 2.75) is 31.8 Å². The summed E-state index contributed by atoms with van der Waals surface area (Å²) >= 11 is 0. The summed E-state index contributed by atoms with van der Waals surface area (Å²) in [5, 5.41) is 0. The molecule has 0 amide bonds. The molecule has 1 atom stereocenters. The van der Waals surface area contributed by atoms with E-state index in [2.05, 4.69) is 4.90 Å². The predicted octanol–water partition coefficient (Wildman–Crippen LogP) is -0.0124. The van der Waals surface area contributed by atoms with E-state index in [4.69, 9.17) is 15.2 Å². The highest BCUT2D eigenvalue weighted by atomic mass is 16.5. The van der Waals surface area contributed by atoms with Crippen molar-refractivity contribution in [2.24, 2.45) is 5.73 Å². The van der Waals surface area contributed by atoms with E-state index in [-0.39, 0.29) is 5.97 Å². The molecule has 94 valence electrons. The molecule has 16 heavy (non-hydrogen) atoms. The summed E-state index contributed by atoms with van der Waals surface area (Å²) < 4.78 is 9.93. The summed E-state index contributed by atoms with van der Waals surface area (Å²) in [7, 11) is 1.68. The fourth-order valence-electron chi connectivity index (χ4n) is 1.65. The third-order valence-corrected chi connectivity index (χ3v) is 2.67. The van der Waals surface area contributed by atoms with Crippen LogP contribution in [0, 0.1) is 0 Å². The van der Waals surface area contributed by atoms with Gasteiger partial charge in [0.1, 0.15) is 6.04 Å². The van der Waals surface area contributed by atoms with Gasteiger partial charge in [0.2, 0.25) is 0 Å². The van der Waals surface area contributed by atoms with Crippen LogP contribution in [0.15, 0.2) is 0 Å². The Hall–Kier alpha value is -0.650. The third-order valence-electron chi connectivity index (χ3n) is 2.67. The van der Waals surface area contributed by atoms with E-state index in [1.807, 2.05) is 0 Å². The maximum Gasteiger partial charge on any atom is 0.324 e. The second-order valence-corrected chi connectivity index (χ2v) is 4.08. The average Bonchev–Trinajstić information content (AvgIpc) is 3.08. The van der Waals surface area contributed by atoms with Crippen LogP contribution in [0.4, 0.5) is 0 Å². The molecule has 0 saturated heterocycles. The molecule has 0 aliphatic heterocycles. The summed E-state index contributed by atoms with van der Waals surface area (Å²) in [4.78, 5) is 13.6. The normalized spacial score (nSPS) is 17.5. The first kappa shape index (κ1) is 13.4. The zero-order valence-electron chi connectivity index (χ0n) is 10.1. The van der Waals surface area contributed by atoms with Crippen molar-refractivity contribution in [3.8, 4) is 0 Å². The van der Waals surface area contributed by atoms with Gasteiger partial charge in [-0.15, -0.1) is 0 Å². The Kier molecular flexibility index (Phi) is 5.73. The highest BCUT2D eigenvalue weighted by molar-refractivity contribution is 5.75. The standard InChI is InChI=1S/C11H22N2O3/c1-3-16-11(14)10(12)8-13(6-7-15-2)9-4-5-9/h9-10H,3-8,12H2,1-2H3. The first-order valence-electron chi connectivity index (χ1n) is 5.84. The highest BCUT2D eigenvalue weighted by Gasteiger charge is 2.31. The minimum atomic E-state index is -0.544. The van der Waals surface area contributed by atoms with Gasteiger partial charge in [-0.1, -0.05) is 0 Å². The average molecular weight is 230 g/mol. The van der Waals surface area contributed by atoms with Crippen LogP contribution in [0.3, 0.4) is 0 Å². The molecule has 0 bridgehead atoms. The van der Waals surface area contributed by atoms with Crippen molar-refractivity contribution in [3.63, 3.8) is 0 Å². The summed E-state index contributed by atoms with van der Waals surface area (Å²) in [5.74, 6) is -0.314. The molecule has 1 fully saturated rings. The monoisotopic (exact) mass is 230 g/mol. The summed E-state index contributed by atoms with van der Waals surface area (Å²) in [5.41, 5.74) is 5.78. The van der Waals surface area contributed by atoms with E-state index < -0.39 is 6.04 Å². The van der Waals surface area contributed by atoms with Crippen LogP contribution < -0.4 is 5.73 Å². The smallest absolute Gasteiger partial charge is 0.324 e. The molecule has 2 N–H and O–H groups in total. The molecule has 0 spiro atoms. The van der Waals surface area contributed by atoms with Gasteiger partial charge in [-0.05, 0) is 19.8 Å². The van der Waals surface area contributed by atoms with Gasteiger partial charge in [0, 0.05) is 26.2 Å². The van der Waals surface area contributed by atoms with Crippen LogP contribution in [-0.2, 0) is 14.3 Å². The lowest BCUT2D eigenvalue weighted by molar-refractivity contribution is -0.145. The topological polar surface area (TPSA) is 64.8 Å². The highest BCUT2D eigenvalue weighted by Crippen LogP contribution is 2.26. The van der Waals surface area contributed by atoms with Crippen LogP contribution in [0.2, 0.25) is 0 Å². The van der Waals surface area contributed by atoms with Gasteiger partial charge in [-0.3, -0.25) is 9.69 Å². The van der Waals surface area contributed by atoms with Crippen LogP contribution in [-0.4, -0.2) is 56.4 Å². The maximum absolute atomic E-state index is 11.4. The van der Waals surface area contributed by atoms with E-state index in [0.29, 0.717) is 25.8 Å². The molecule has 0 radical (unpaired) electrons. The van der Waals surface area contributed by atoms with Gasteiger partial charge in [-0.25, -0.2) is 0 Å². The van der Waals surface area contributed by atoms with Crippen LogP contribution >= 0.6 is 0 Å². The molecule has 1 aliphatic rings. The van der Waals surface area contributed by atoms with Crippen LogP contribution in [0.5, 0.6) is 0 Å². The SMILES string of the molecule is CCOC(=O)C(N)CN(CCOC)C1CC1. The van der Waals surface area contributed by atoms with Crippen molar-refractivity contribution in [2.75, 3.05) is 33.4 Å². The lowest BCUT2D eigenvalue weighted by atomic mass is 10.3. The minimum Gasteiger partial charge on any atom is -0.465 e. The van der Waals surface area contributed by atoms with Crippen molar-refractivity contribution in [3.05, 3.63) is 0 Å². The predicted molar refractivity (Wildman–Crippen MR) is 61.1 cm³/mol. The van der Waals surface area contributed by atoms with Crippen LogP contribution in [0.1, 0.15) is 19.8 Å². The number of esters is 1. The number of methoxy groups -OCH3 is 1. The van der Waals surface area contributed by atoms with E-state index in [9.17, 15) is 4.79 Å². The summed E-state index contributed by atoms with van der Waals surface area (Å²) in [6.45, 7) is 4.23. The number of nitrogens with two attached hydrogens (primary N) is 1. The first-order valence-corrected chi connectivity index (χ1v) is 5.84. The van der Waals surface area contributed by atoms with Gasteiger partial charge in [0.25, 0.3) is 0 Å². The molecular formula is C11H22N2O3. The molecule has 0 aromatic heterocycles. The molecule has 1 aliphatic carbocycles. The molecule has 1 unspecified atom stereocenters. The van der Waals surface area contributed by atoms with Crippen molar-refractivity contribution < 1.29 is 14.3 Å². The molecule has 1 saturated carbocycles. The number of hydrogen-bond acceptors (Lipinski definition) is 5. The van der Waals surface area contributed by atoms with Crippen molar-refractivity contribution >= 4 is 5.97 Å². The van der Waals surface area contributed by atoms with Crippen molar-refractivity contribution in [1.82, 2.24) is 4.90 Å². The molecule has 0 aromatic rings.